The van der Waals surface area contributed by atoms with Crippen molar-refractivity contribution in [2.75, 3.05) is 14.2 Å². The van der Waals surface area contributed by atoms with Crippen molar-refractivity contribution in [1.29, 1.82) is 0 Å². The lowest BCUT2D eigenvalue weighted by molar-refractivity contribution is -0.221. The summed E-state index contributed by atoms with van der Waals surface area (Å²) in [6.45, 7) is 15.9. The lowest BCUT2D eigenvalue weighted by Gasteiger charge is -2.72. The molecule has 5 fully saturated rings. The highest BCUT2D eigenvalue weighted by molar-refractivity contribution is 5.90. The number of carboxylic acid groups (broad SMARTS) is 1. The summed E-state index contributed by atoms with van der Waals surface area (Å²) in [4.78, 5) is 21.0. The van der Waals surface area contributed by atoms with Crippen molar-refractivity contribution < 1.29 is 32.6 Å². The van der Waals surface area contributed by atoms with Crippen LogP contribution >= 0.6 is 0 Å². The van der Waals surface area contributed by atoms with Crippen LogP contribution in [0.1, 0.15) is 128 Å². The molecule has 0 aromatic heterocycles. The Bertz CT molecular complexity index is 1500. The number of nitrogens with one attached hydrogen (secondary N) is 1. The fourth-order valence-electron chi connectivity index (χ4n) is 13.4. The topological polar surface area (TPSA) is 75.6 Å². The van der Waals surface area contributed by atoms with E-state index in [2.05, 4.69) is 72.1 Å². The van der Waals surface area contributed by atoms with Gasteiger partial charge in [0.15, 0.2) is 0 Å². The van der Waals surface area contributed by atoms with E-state index in [4.69, 9.17) is 14.6 Å². The smallest absolute Gasteiger partial charge is 0.475 e. The number of benzene rings is 1. The van der Waals surface area contributed by atoms with Crippen LogP contribution in [0.2, 0.25) is 0 Å². The number of methoxy groups -OCH3 is 1. The molecule has 272 valence electrons. The molecular formula is C41H58F3NO4. The molecule has 6 aliphatic rings. The third-order valence-electron chi connectivity index (χ3n) is 16.3. The molecule has 0 unspecified atom stereocenters. The van der Waals surface area contributed by atoms with Crippen molar-refractivity contribution in [2.45, 2.75) is 124 Å². The minimum atomic E-state index is -5.08. The highest BCUT2D eigenvalue weighted by Crippen LogP contribution is 2.78. The molecule has 1 aromatic carbocycles. The van der Waals surface area contributed by atoms with Crippen LogP contribution in [0, 0.1) is 56.7 Å². The molecule has 0 heterocycles. The van der Waals surface area contributed by atoms with Crippen LogP contribution in [0.4, 0.5) is 13.2 Å². The molecule has 6 aliphatic carbocycles. The van der Waals surface area contributed by atoms with Crippen molar-refractivity contribution in [3.05, 3.63) is 41.5 Å². The molecule has 0 spiro atoms. The third-order valence-corrected chi connectivity index (χ3v) is 16.3. The standard InChI is InChI=1S/C39H57NO2.C2HF3O2/c1-34(2)27(25-9-11-26(12-10-25)33(41)42-8)15-18-36(4)30(34)17-19-38(6)31(36)14-13-29-32-28(35(3)21-22-35)16-20-39(32,40-7)24-23-37(29,38)5;3-2(4,5)1(6)7/h9-12,15,28-32,40H,13-14,16-24H2,1-8H3;(H,6,7)/t28-,29-,30+,31-,32-,36+,37-,38-,39+;/m1./s1. The first-order valence-corrected chi connectivity index (χ1v) is 18.6. The Morgan fingerprint density at radius 1 is 0.816 bits per heavy atom. The van der Waals surface area contributed by atoms with Crippen molar-refractivity contribution in [1.82, 2.24) is 5.32 Å². The molecule has 5 nitrogen and oxygen atoms in total. The van der Waals surface area contributed by atoms with Gasteiger partial charge in [0.25, 0.3) is 0 Å². The van der Waals surface area contributed by atoms with E-state index in [9.17, 15) is 18.0 Å². The van der Waals surface area contributed by atoms with Crippen LogP contribution < -0.4 is 5.32 Å². The average molecular weight is 686 g/mol. The van der Waals surface area contributed by atoms with Crippen LogP contribution in [-0.4, -0.2) is 42.9 Å². The van der Waals surface area contributed by atoms with Gasteiger partial charge in [0.05, 0.1) is 12.7 Å². The number of carboxylic acids is 1. The van der Waals surface area contributed by atoms with Crippen molar-refractivity contribution in [3.63, 3.8) is 0 Å². The molecule has 8 heteroatoms. The summed E-state index contributed by atoms with van der Waals surface area (Å²) >= 11 is 0. The Labute approximate surface area is 291 Å². The number of alkyl halides is 3. The van der Waals surface area contributed by atoms with Crippen molar-refractivity contribution in [3.8, 4) is 0 Å². The zero-order chi connectivity index (χ0) is 36.0. The SMILES string of the molecule is CN[C@]12CC[C@@H](C3(C)CC3)[C@@H]1[C@H]1CC[C@@H]3[C@@]4(C)CC=C(c5ccc(C(=O)OC)cc5)C(C)(C)[C@@H]4CC[C@@]3(C)[C@]1(C)CC2.O=C(O)C(F)(F)F. The molecule has 1 aromatic rings. The Balaban J connectivity index is 0.000000540. The van der Waals surface area contributed by atoms with Crippen LogP contribution in [0.3, 0.4) is 0 Å². The number of carbonyl (C=O) groups is 2. The Kier molecular flexibility index (Phi) is 8.81. The molecule has 0 saturated heterocycles. The van der Waals surface area contributed by atoms with Gasteiger partial charge in [-0.1, -0.05) is 59.8 Å². The molecule has 0 bridgehead atoms. The molecule has 0 amide bonds. The summed E-state index contributed by atoms with van der Waals surface area (Å²) in [7, 11) is 3.75. The van der Waals surface area contributed by atoms with E-state index < -0.39 is 12.1 Å². The van der Waals surface area contributed by atoms with E-state index >= 15 is 0 Å². The lowest BCUT2D eigenvalue weighted by Crippen LogP contribution is -2.67. The number of ether oxygens (including phenoxy) is 1. The van der Waals surface area contributed by atoms with E-state index in [0.717, 1.165) is 23.7 Å². The first-order valence-electron chi connectivity index (χ1n) is 18.6. The highest BCUT2D eigenvalue weighted by Gasteiger charge is 2.71. The fourth-order valence-corrected chi connectivity index (χ4v) is 13.4. The maximum atomic E-state index is 12.1. The normalized spacial score (nSPS) is 41.4. The van der Waals surface area contributed by atoms with Gasteiger partial charge in [-0.3, -0.25) is 0 Å². The molecule has 9 atom stereocenters. The van der Waals surface area contributed by atoms with E-state index in [1.807, 2.05) is 12.1 Å². The van der Waals surface area contributed by atoms with E-state index in [0.29, 0.717) is 38.7 Å². The molecule has 0 radical (unpaired) electrons. The Morgan fingerprint density at radius 2 is 1.45 bits per heavy atom. The van der Waals surface area contributed by atoms with Gasteiger partial charge >= 0.3 is 18.1 Å². The molecular weight excluding hydrogens is 627 g/mol. The molecule has 7 rings (SSSR count). The summed E-state index contributed by atoms with van der Waals surface area (Å²) in [6.07, 6.45) is 12.8. The van der Waals surface area contributed by atoms with E-state index in [1.165, 1.54) is 88.9 Å². The van der Waals surface area contributed by atoms with Gasteiger partial charge in [-0.2, -0.15) is 13.2 Å². The molecule has 49 heavy (non-hydrogen) atoms. The summed E-state index contributed by atoms with van der Waals surface area (Å²) in [6, 6.07) is 8.18. The predicted molar refractivity (Wildman–Crippen MR) is 186 cm³/mol. The predicted octanol–water partition coefficient (Wildman–Crippen LogP) is 9.95. The zero-order valence-corrected chi connectivity index (χ0v) is 30.9. The molecule has 5 saturated carbocycles. The number of fused-ring (bicyclic) bond motifs is 7. The molecule has 2 N–H and O–H groups in total. The third kappa shape index (κ3) is 5.42. The first-order chi connectivity index (χ1) is 22.7. The molecule has 0 aliphatic heterocycles. The minimum Gasteiger partial charge on any atom is -0.475 e. The number of aliphatic carboxylic acids is 1. The Hall–Kier alpha value is -2.35. The van der Waals surface area contributed by atoms with Gasteiger partial charge in [0, 0.05) is 5.54 Å². The van der Waals surface area contributed by atoms with Gasteiger partial charge in [0.2, 0.25) is 0 Å². The zero-order valence-electron chi connectivity index (χ0n) is 30.9. The second-order valence-corrected chi connectivity index (χ2v) is 18.3. The average Bonchev–Trinajstić information content (AvgIpc) is 3.66. The van der Waals surface area contributed by atoms with Gasteiger partial charge in [-0.05, 0) is 158 Å². The van der Waals surface area contributed by atoms with Gasteiger partial charge in [-0.15, -0.1) is 0 Å². The maximum Gasteiger partial charge on any atom is 0.490 e. The van der Waals surface area contributed by atoms with Crippen molar-refractivity contribution >= 4 is 17.5 Å². The van der Waals surface area contributed by atoms with Gasteiger partial charge < -0.3 is 15.2 Å². The highest BCUT2D eigenvalue weighted by atomic mass is 19.4. The Morgan fingerprint density at radius 3 is 2.00 bits per heavy atom. The summed E-state index contributed by atoms with van der Waals surface area (Å²) in [5, 5.41) is 11.1. The number of allylic oxidation sites excluding steroid dienone is 2. The second kappa shape index (κ2) is 11.8. The van der Waals surface area contributed by atoms with Crippen molar-refractivity contribution in [2.24, 2.45) is 56.7 Å². The monoisotopic (exact) mass is 685 g/mol. The lowest BCUT2D eigenvalue weighted by atomic mass is 9.32. The summed E-state index contributed by atoms with van der Waals surface area (Å²) < 4.78 is 36.7. The number of esters is 1. The number of hydrogen-bond donors (Lipinski definition) is 2. The largest absolute Gasteiger partial charge is 0.490 e. The van der Waals surface area contributed by atoms with Crippen LogP contribution in [-0.2, 0) is 9.53 Å². The maximum absolute atomic E-state index is 12.1. The summed E-state index contributed by atoms with van der Waals surface area (Å²) in [5.74, 6) is 1.08. The fraction of sp³-hybridized carbons (Fsp3) is 0.756. The van der Waals surface area contributed by atoms with E-state index in [-0.39, 0.29) is 11.4 Å². The van der Waals surface area contributed by atoms with E-state index in [1.54, 1.807) is 0 Å². The van der Waals surface area contributed by atoms with Crippen LogP contribution in [0.15, 0.2) is 30.3 Å². The number of halogens is 3. The van der Waals surface area contributed by atoms with Gasteiger partial charge in [-0.25, -0.2) is 9.59 Å². The van der Waals surface area contributed by atoms with Gasteiger partial charge in [0.1, 0.15) is 0 Å². The van der Waals surface area contributed by atoms with Crippen LogP contribution in [0.25, 0.3) is 5.57 Å². The second-order valence-electron chi connectivity index (χ2n) is 18.3. The quantitative estimate of drug-likeness (QED) is 0.309. The number of carbonyl (C=O) groups excluding carboxylic acids is 1. The first kappa shape index (κ1) is 36.4. The summed E-state index contributed by atoms with van der Waals surface area (Å²) in [5.41, 5.74) is 5.66. The van der Waals surface area contributed by atoms with Crippen LogP contribution in [0.5, 0.6) is 0 Å². The number of rotatable bonds is 4. The minimum absolute atomic E-state index is 0.101. The number of hydrogen-bond acceptors (Lipinski definition) is 4.